The number of fused-ring (bicyclic) bond motifs is 1. The van der Waals surface area contributed by atoms with E-state index in [4.69, 9.17) is 4.74 Å². The Morgan fingerprint density at radius 3 is 2.61 bits per heavy atom. The van der Waals surface area contributed by atoms with E-state index in [1.165, 1.54) is 53.6 Å². The van der Waals surface area contributed by atoms with Gasteiger partial charge in [-0.3, -0.25) is 14.4 Å². The van der Waals surface area contributed by atoms with Crippen LogP contribution in [0.2, 0.25) is 0 Å². The summed E-state index contributed by atoms with van der Waals surface area (Å²) in [6, 6.07) is 12.2. The molecule has 5 rings (SSSR count). The Hall–Kier alpha value is -2.11. The van der Waals surface area contributed by atoms with Crippen molar-refractivity contribution in [3.8, 4) is 5.75 Å². The lowest BCUT2D eigenvalue weighted by molar-refractivity contribution is 0.0650. The van der Waals surface area contributed by atoms with Gasteiger partial charge >= 0.3 is 0 Å². The summed E-state index contributed by atoms with van der Waals surface area (Å²) in [5.74, 6) is 1.79. The molecule has 1 saturated carbocycles. The van der Waals surface area contributed by atoms with Crippen molar-refractivity contribution in [3.63, 3.8) is 0 Å². The fraction of sp³-hybridized carbons (Fsp3) is 0.462. The molecule has 33 heavy (non-hydrogen) atoms. The lowest BCUT2D eigenvalue weighted by Crippen LogP contribution is -2.48. The minimum atomic E-state index is -3.25. The van der Waals surface area contributed by atoms with Crippen LogP contribution in [0.3, 0.4) is 0 Å². The SMILES string of the molecule is COc1cc(C)c2[nH]ccc2c1CN1CCN(CC2CC2)C[C@H]1c1ccc(P(C)(=O)O)cc1. The fourth-order valence-electron chi connectivity index (χ4n) is 5.17. The van der Waals surface area contributed by atoms with Crippen molar-refractivity contribution in [2.45, 2.75) is 32.4 Å². The van der Waals surface area contributed by atoms with Crippen molar-refractivity contribution < 1.29 is 14.2 Å². The standard InChI is InChI=1S/C26H34N3O3P/c1-18-14-25(32-2)23(22-10-11-27-26(18)22)16-29-13-12-28(15-19-4-5-19)17-24(29)20-6-8-21(9-7-20)33(3,30)31/h6-11,14,19,24,27H,4-5,12-13,15-17H2,1-3H3,(H,30,31)/t24-/m0/s1. The number of hydrogen-bond donors (Lipinski definition) is 2. The number of rotatable bonds is 7. The van der Waals surface area contributed by atoms with Crippen LogP contribution in [0.1, 0.15) is 35.6 Å². The van der Waals surface area contributed by atoms with Crippen LogP contribution in [-0.2, 0) is 11.1 Å². The van der Waals surface area contributed by atoms with Crippen LogP contribution in [0.4, 0.5) is 0 Å². The number of nitrogens with one attached hydrogen (secondary N) is 1. The average molecular weight is 468 g/mol. The highest BCUT2D eigenvalue weighted by molar-refractivity contribution is 7.65. The first kappa shape index (κ1) is 22.7. The van der Waals surface area contributed by atoms with E-state index < -0.39 is 7.37 Å². The zero-order valence-electron chi connectivity index (χ0n) is 19.8. The van der Waals surface area contributed by atoms with Crippen LogP contribution in [0, 0.1) is 12.8 Å². The minimum Gasteiger partial charge on any atom is -0.496 e. The Kier molecular flexibility index (Phi) is 6.13. The normalized spacial score (nSPS) is 21.9. The number of aromatic amines is 1. The molecule has 0 amide bonds. The summed E-state index contributed by atoms with van der Waals surface area (Å²) >= 11 is 0. The van der Waals surface area contributed by atoms with Crippen molar-refractivity contribution >= 4 is 23.6 Å². The predicted octanol–water partition coefficient (Wildman–Crippen LogP) is 4.28. The zero-order chi connectivity index (χ0) is 23.2. The second-order valence-electron chi connectivity index (χ2n) is 9.80. The maximum Gasteiger partial charge on any atom is 0.226 e. The van der Waals surface area contributed by atoms with Gasteiger partial charge in [0, 0.05) is 73.4 Å². The molecule has 2 aliphatic rings. The number of piperazine rings is 1. The summed E-state index contributed by atoms with van der Waals surface area (Å²) in [7, 11) is -1.50. The number of aryl methyl sites for hydroxylation is 1. The van der Waals surface area contributed by atoms with Gasteiger partial charge in [0.25, 0.3) is 0 Å². The molecular formula is C26H34N3O3P. The number of nitrogens with zero attached hydrogens (tertiary/aromatic N) is 2. The molecule has 2 aromatic carbocycles. The van der Waals surface area contributed by atoms with E-state index in [-0.39, 0.29) is 6.04 Å². The highest BCUT2D eigenvalue weighted by Gasteiger charge is 2.33. The monoisotopic (exact) mass is 467 g/mol. The van der Waals surface area contributed by atoms with Gasteiger partial charge in [-0.15, -0.1) is 0 Å². The van der Waals surface area contributed by atoms with E-state index >= 15 is 0 Å². The minimum absolute atomic E-state index is 0.224. The molecule has 1 aliphatic heterocycles. The summed E-state index contributed by atoms with van der Waals surface area (Å²) in [4.78, 5) is 18.5. The molecule has 0 spiro atoms. The summed E-state index contributed by atoms with van der Waals surface area (Å²) < 4.78 is 17.9. The first-order valence-corrected chi connectivity index (χ1v) is 13.9. The third kappa shape index (κ3) is 4.76. The van der Waals surface area contributed by atoms with Gasteiger partial charge in [-0.05, 0) is 61.1 Å². The Morgan fingerprint density at radius 2 is 1.94 bits per heavy atom. The second-order valence-corrected chi connectivity index (χ2v) is 12.1. The van der Waals surface area contributed by atoms with Crippen molar-refractivity contribution in [2.75, 3.05) is 40.0 Å². The van der Waals surface area contributed by atoms with Crippen molar-refractivity contribution in [1.82, 2.24) is 14.8 Å². The molecule has 6 nitrogen and oxygen atoms in total. The average Bonchev–Trinajstić information content (AvgIpc) is 3.46. The summed E-state index contributed by atoms with van der Waals surface area (Å²) in [5.41, 5.74) is 4.76. The topological polar surface area (TPSA) is 68.8 Å². The van der Waals surface area contributed by atoms with Crippen LogP contribution >= 0.6 is 7.37 Å². The Labute approximate surface area is 196 Å². The Balaban J connectivity index is 1.47. The maximum atomic E-state index is 12.1. The largest absolute Gasteiger partial charge is 0.496 e. The van der Waals surface area contributed by atoms with Crippen LogP contribution in [-0.4, -0.2) is 59.6 Å². The molecule has 0 radical (unpaired) electrons. The van der Waals surface area contributed by atoms with Crippen molar-refractivity contribution in [3.05, 3.63) is 59.3 Å². The second kappa shape index (κ2) is 8.92. The molecule has 1 unspecified atom stereocenters. The van der Waals surface area contributed by atoms with Crippen LogP contribution in [0.5, 0.6) is 5.75 Å². The van der Waals surface area contributed by atoms with Crippen LogP contribution in [0.15, 0.2) is 42.6 Å². The summed E-state index contributed by atoms with van der Waals surface area (Å²) in [6.07, 6.45) is 4.71. The van der Waals surface area contributed by atoms with Gasteiger partial charge in [0.2, 0.25) is 7.37 Å². The first-order valence-electron chi connectivity index (χ1n) is 11.8. The number of H-pyrrole nitrogens is 1. The van der Waals surface area contributed by atoms with E-state index in [2.05, 4.69) is 33.8 Å². The van der Waals surface area contributed by atoms with Gasteiger partial charge in [0.05, 0.1) is 7.11 Å². The zero-order valence-corrected chi connectivity index (χ0v) is 20.6. The van der Waals surface area contributed by atoms with Gasteiger partial charge < -0.3 is 14.6 Å². The summed E-state index contributed by atoms with van der Waals surface area (Å²) in [6.45, 7) is 8.51. The molecule has 2 fully saturated rings. The highest BCUT2D eigenvalue weighted by atomic mass is 31.2. The van der Waals surface area contributed by atoms with E-state index in [0.717, 1.165) is 37.8 Å². The van der Waals surface area contributed by atoms with Gasteiger partial charge in [0.15, 0.2) is 0 Å². The lowest BCUT2D eigenvalue weighted by Gasteiger charge is -2.42. The molecular weight excluding hydrogens is 433 g/mol. The van der Waals surface area contributed by atoms with E-state index in [1.807, 2.05) is 30.5 Å². The molecule has 2 atom stereocenters. The van der Waals surface area contributed by atoms with E-state index in [1.54, 1.807) is 7.11 Å². The van der Waals surface area contributed by atoms with Crippen LogP contribution < -0.4 is 10.0 Å². The Morgan fingerprint density at radius 1 is 1.18 bits per heavy atom. The molecule has 3 aromatic rings. The molecule has 1 aromatic heterocycles. The fourth-order valence-corrected chi connectivity index (χ4v) is 5.87. The third-order valence-electron chi connectivity index (χ3n) is 7.24. The van der Waals surface area contributed by atoms with Crippen molar-refractivity contribution in [1.29, 1.82) is 0 Å². The Bertz CT molecular complexity index is 1180. The van der Waals surface area contributed by atoms with Crippen molar-refractivity contribution in [2.24, 2.45) is 5.92 Å². The lowest BCUT2D eigenvalue weighted by atomic mass is 9.99. The number of hydrogen-bond acceptors (Lipinski definition) is 4. The van der Waals surface area contributed by atoms with Gasteiger partial charge in [-0.2, -0.15) is 0 Å². The highest BCUT2D eigenvalue weighted by Crippen LogP contribution is 2.38. The van der Waals surface area contributed by atoms with Gasteiger partial charge in [0.1, 0.15) is 5.75 Å². The smallest absolute Gasteiger partial charge is 0.226 e. The first-order chi connectivity index (χ1) is 15.8. The number of aromatic nitrogens is 1. The molecule has 1 saturated heterocycles. The summed E-state index contributed by atoms with van der Waals surface area (Å²) in [5, 5.41) is 1.73. The van der Waals surface area contributed by atoms with Crippen LogP contribution in [0.25, 0.3) is 10.9 Å². The predicted molar refractivity (Wildman–Crippen MR) is 134 cm³/mol. The molecule has 2 heterocycles. The molecule has 1 aliphatic carbocycles. The third-order valence-corrected chi connectivity index (χ3v) is 8.49. The van der Waals surface area contributed by atoms with E-state index in [0.29, 0.717) is 5.30 Å². The maximum absolute atomic E-state index is 12.1. The number of benzene rings is 2. The van der Waals surface area contributed by atoms with Gasteiger partial charge in [-0.1, -0.05) is 12.1 Å². The van der Waals surface area contributed by atoms with Gasteiger partial charge in [-0.25, -0.2) is 0 Å². The molecule has 0 bridgehead atoms. The van der Waals surface area contributed by atoms with E-state index in [9.17, 15) is 9.46 Å². The molecule has 2 N–H and O–H groups in total. The number of methoxy groups -OCH3 is 1. The molecule has 7 heteroatoms. The number of ether oxygens (including phenoxy) is 1. The molecule has 176 valence electrons. The quantitative estimate of drug-likeness (QED) is 0.508.